The van der Waals surface area contributed by atoms with E-state index in [9.17, 15) is 14.0 Å². The van der Waals surface area contributed by atoms with Gasteiger partial charge in [0.2, 0.25) is 0 Å². The molecule has 0 bridgehead atoms. The number of carbonyl (C=O) groups is 2. The second-order valence-electron chi connectivity index (χ2n) is 8.88. The fourth-order valence-corrected chi connectivity index (χ4v) is 4.66. The van der Waals surface area contributed by atoms with Crippen LogP contribution in [0.3, 0.4) is 0 Å². The van der Waals surface area contributed by atoms with Gasteiger partial charge < -0.3 is 26.1 Å². The highest BCUT2D eigenvalue weighted by Gasteiger charge is 2.35. The summed E-state index contributed by atoms with van der Waals surface area (Å²) in [5.74, 6) is -0.518. The van der Waals surface area contributed by atoms with Gasteiger partial charge in [-0.3, -0.25) is 9.48 Å². The third-order valence-electron chi connectivity index (χ3n) is 6.48. The highest BCUT2D eigenvalue weighted by atomic mass is 35.5. The molecule has 3 aromatic rings. The quantitative estimate of drug-likeness (QED) is 0.438. The van der Waals surface area contributed by atoms with Crippen molar-refractivity contribution >= 4 is 29.8 Å². The number of aromatic nitrogens is 2. The van der Waals surface area contributed by atoms with Gasteiger partial charge in [-0.25, -0.2) is 9.18 Å². The second-order valence-corrected chi connectivity index (χ2v) is 9.29. The molecular weight excluding hydrogens is 487 g/mol. The van der Waals surface area contributed by atoms with Crippen molar-refractivity contribution in [1.82, 2.24) is 20.0 Å². The van der Waals surface area contributed by atoms with Crippen LogP contribution in [0, 0.1) is 11.2 Å². The number of ether oxygens (including phenoxy) is 1. The largest absolute Gasteiger partial charge is 0.490 e. The van der Waals surface area contributed by atoms with Crippen LogP contribution >= 0.6 is 11.6 Å². The van der Waals surface area contributed by atoms with E-state index in [-0.39, 0.29) is 35.3 Å². The molecule has 0 radical (unpaired) electrons. The van der Waals surface area contributed by atoms with Gasteiger partial charge in [-0.1, -0.05) is 11.6 Å². The Hall–Kier alpha value is -3.92. The fourth-order valence-electron chi connectivity index (χ4n) is 4.48. The molecule has 0 unspecified atom stereocenters. The van der Waals surface area contributed by atoms with E-state index < -0.39 is 11.7 Å². The molecule has 3 amide bonds. The predicted molar refractivity (Wildman–Crippen MR) is 132 cm³/mol. The first-order valence-electron chi connectivity index (χ1n) is 11.5. The van der Waals surface area contributed by atoms with Gasteiger partial charge in [-0.2, -0.15) is 5.10 Å². The highest BCUT2D eigenvalue weighted by Crippen LogP contribution is 2.31. The zero-order valence-electron chi connectivity index (χ0n) is 19.2. The number of hydrogen-bond donors (Lipinski definition) is 3. The lowest BCUT2D eigenvalue weighted by Gasteiger charge is -2.37. The van der Waals surface area contributed by atoms with Gasteiger partial charge in [0.05, 0.1) is 29.4 Å². The minimum absolute atomic E-state index is 0.00970. The number of urea groups is 1. The molecular formula is C25H24ClFN6O3. The van der Waals surface area contributed by atoms with Crippen LogP contribution in [0.15, 0.2) is 42.5 Å². The van der Waals surface area contributed by atoms with Crippen molar-refractivity contribution in [2.45, 2.75) is 38.1 Å². The first-order chi connectivity index (χ1) is 17.3. The zero-order valence-corrected chi connectivity index (χ0v) is 20.0. The summed E-state index contributed by atoms with van der Waals surface area (Å²) < 4.78 is 21.2. The van der Waals surface area contributed by atoms with Crippen LogP contribution in [0.1, 0.15) is 34.5 Å². The number of fused-ring (bicyclic) bond motifs is 1. The Balaban J connectivity index is 1.22. The van der Waals surface area contributed by atoms with Gasteiger partial charge in [0.15, 0.2) is 0 Å². The summed E-state index contributed by atoms with van der Waals surface area (Å²) in [5.41, 5.74) is 7.99. The van der Waals surface area contributed by atoms with Gasteiger partial charge in [0, 0.05) is 37.2 Å². The topological polar surface area (TPSA) is 126 Å². The normalized spacial score (nSPS) is 18.7. The van der Waals surface area contributed by atoms with E-state index in [1.165, 1.54) is 24.4 Å². The monoisotopic (exact) mass is 510 g/mol. The summed E-state index contributed by atoms with van der Waals surface area (Å²) in [5, 5.41) is 14.7. The fraction of sp³-hybridized carbons (Fsp3) is 0.280. The maximum atomic E-state index is 13.6. The molecule has 2 aliphatic rings. The van der Waals surface area contributed by atoms with Gasteiger partial charge in [-0.15, -0.1) is 0 Å². The number of hydrogen-bond acceptors (Lipinski definition) is 5. The molecule has 1 aliphatic carbocycles. The average Bonchev–Trinajstić information content (AvgIpc) is 3.24. The molecule has 11 heteroatoms. The molecule has 9 nitrogen and oxygen atoms in total. The predicted octanol–water partition coefficient (Wildman–Crippen LogP) is 3.57. The number of nitrogens with one attached hydrogen (secondary N) is 2. The van der Waals surface area contributed by atoms with Crippen molar-refractivity contribution in [3.63, 3.8) is 0 Å². The Kier molecular flexibility index (Phi) is 6.36. The van der Waals surface area contributed by atoms with Crippen molar-refractivity contribution in [2.75, 3.05) is 6.54 Å². The molecule has 36 heavy (non-hydrogen) atoms. The number of primary amides is 1. The third-order valence-corrected chi connectivity index (χ3v) is 6.77. The molecule has 1 aliphatic heterocycles. The minimum atomic E-state index is -0.679. The Morgan fingerprint density at radius 2 is 1.94 bits per heavy atom. The molecule has 1 saturated carbocycles. The van der Waals surface area contributed by atoms with Crippen molar-refractivity contribution in [1.29, 1.82) is 5.41 Å². The maximum absolute atomic E-state index is 13.6. The summed E-state index contributed by atoms with van der Waals surface area (Å²) in [6.45, 7) is 0.965. The molecule has 1 aromatic heterocycles. The first kappa shape index (κ1) is 23.8. The van der Waals surface area contributed by atoms with Crippen molar-refractivity contribution in [3.05, 3.63) is 70.1 Å². The van der Waals surface area contributed by atoms with E-state index >= 15 is 0 Å². The third kappa shape index (κ3) is 4.64. The summed E-state index contributed by atoms with van der Waals surface area (Å²) in [6.07, 6.45) is 2.66. The molecule has 2 heterocycles. The standard InChI is InChI=1S/C25H24ClFN6O3/c26-19-9-15(3-6-20(19)27)23-22(24(29)34)21-13-32(7-8-33(21)31-23)25(35)30-16-10-18(11-16)36-17-4-1-14(12-28)2-5-17/h1-6,9,12,16,18,28H,7-8,10-11,13H2,(H2,29,34)(H,30,35). The minimum Gasteiger partial charge on any atom is -0.490 e. The Morgan fingerprint density at radius 1 is 1.19 bits per heavy atom. The lowest BCUT2D eigenvalue weighted by molar-refractivity contribution is 0.0832. The average molecular weight is 511 g/mol. The van der Waals surface area contributed by atoms with Crippen LogP contribution in [-0.2, 0) is 13.1 Å². The SMILES string of the molecule is N=Cc1ccc(OC2CC(NC(=O)N3CCn4nc(-c5ccc(F)c(Cl)c5)c(C(N)=O)c4C3)C2)cc1. The molecule has 5 rings (SSSR count). The number of halogens is 2. The van der Waals surface area contributed by atoms with E-state index in [4.69, 9.17) is 27.5 Å². The van der Waals surface area contributed by atoms with Crippen LogP contribution < -0.4 is 15.8 Å². The van der Waals surface area contributed by atoms with Gasteiger partial charge in [0.1, 0.15) is 23.4 Å². The number of nitrogens with zero attached hydrogens (tertiary/aromatic N) is 3. The smallest absolute Gasteiger partial charge is 0.318 e. The molecule has 0 saturated heterocycles. The van der Waals surface area contributed by atoms with Crippen LogP contribution in [0.25, 0.3) is 11.3 Å². The highest BCUT2D eigenvalue weighted by molar-refractivity contribution is 6.31. The van der Waals surface area contributed by atoms with Crippen molar-refractivity contribution in [2.24, 2.45) is 5.73 Å². The molecule has 1 fully saturated rings. The Labute approximate surface area is 211 Å². The van der Waals surface area contributed by atoms with Gasteiger partial charge >= 0.3 is 6.03 Å². The van der Waals surface area contributed by atoms with E-state index in [0.29, 0.717) is 42.9 Å². The second kappa shape index (κ2) is 9.62. The molecule has 0 spiro atoms. The first-order valence-corrected chi connectivity index (χ1v) is 11.9. The van der Waals surface area contributed by atoms with E-state index in [0.717, 1.165) is 11.3 Å². The van der Waals surface area contributed by atoms with Crippen molar-refractivity contribution < 1.29 is 18.7 Å². The van der Waals surface area contributed by atoms with Crippen LogP contribution in [0.5, 0.6) is 5.75 Å². The summed E-state index contributed by atoms with van der Waals surface area (Å²) in [4.78, 5) is 26.9. The lowest BCUT2D eigenvalue weighted by Crippen LogP contribution is -2.54. The molecule has 186 valence electrons. The van der Waals surface area contributed by atoms with Gasteiger partial charge in [0.25, 0.3) is 5.91 Å². The van der Waals surface area contributed by atoms with Crippen LogP contribution in [-0.4, -0.2) is 51.5 Å². The summed E-state index contributed by atoms with van der Waals surface area (Å²) in [7, 11) is 0. The number of benzene rings is 2. The number of nitrogens with two attached hydrogens (primary N) is 1. The Morgan fingerprint density at radius 3 is 2.61 bits per heavy atom. The Bertz CT molecular complexity index is 1340. The maximum Gasteiger partial charge on any atom is 0.318 e. The molecule has 2 aromatic carbocycles. The molecule has 4 N–H and O–H groups in total. The number of amides is 3. The number of carbonyl (C=O) groups excluding carboxylic acids is 2. The van der Waals surface area contributed by atoms with Crippen LogP contribution in [0.4, 0.5) is 9.18 Å². The van der Waals surface area contributed by atoms with E-state index in [2.05, 4.69) is 10.4 Å². The lowest BCUT2D eigenvalue weighted by atomic mass is 9.89. The number of rotatable bonds is 6. The van der Waals surface area contributed by atoms with Crippen molar-refractivity contribution in [3.8, 4) is 17.0 Å². The van der Waals surface area contributed by atoms with E-state index in [1.54, 1.807) is 9.58 Å². The van der Waals surface area contributed by atoms with E-state index in [1.807, 2.05) is 24.3 Å². The zero-order chi connectivity index (χ0) is 25.4. The summed E-state index contributed by atoms with van der Waals surface area (Å²) >= 11 is 5.92. The summed E-state index contributed by atoms with van der Waals surface area (Å²) in [6, 6.07) is 11.1. The van der Waals surface area contributed by atoms with Crippen LogP contribution in [0.2, 0.25) is 5.02 Å². The van der Waals surface area contributed by atoms with Gasteiger partial charge in [-0.05, 0) is 48.0 Å². The molecule has 0 atom stereocenters.